The molecule has 1 saturated carbocycles. The molecule has 3 aromatic rings. The van der Waals surface area contributed by atoms with Crippen LogP contribution in [0.2, 0.25) is 0 Å². The number of halogens is 3. The van der Waals surface area contributed by atoms with Crippen LogP contribution in [-0.4, -0.2) is 29.7 Å². The molecule has 3 heterocycles. The number of anilines is 1. The lowest BCUT2D eigenvalue weighted by atomic mass is 10.4. The summed E-state index contributed by atoms with van der Waals surface area (Å²) in [5.41, 5.74) is 0.510. The molecule has 0 radical (unpaired) electrons. The highest BCUT2D eigenvalue weighted by Gasteiger charge is 2.37. The lowest BCUT2D eigenvalue weighted by Crippen LogP contribution is -2.09. The maximum absolute atomic E-state index is 12.8. The summed E-state index contributed by atoms with van der Waals surface area (Å²) in [5, 5.41) is 10.3. The van der Waals surface area contributed by atoms with E-state index in [1.165, 1.54) is 0 Å². The molecule has 0 saturated heterocycles. The lowest BCUT2D eigenvalue weighted by molar-refractivity contribution is -0.144. The van der Waals surface area contributed by atoms with Gasteiger partial charge in [-0.1, -0.05) is 5.16 Å². The number of alkyl halides is 3. The molecule has 1 fully saturated rings. The fourth-order valence-corrected chi connectivity index (χ4v) is 2.25. The first-order valence-electron chi connectivity index (χ1n) is 7.28. The summed E-state index contributed by atoms with van der Waals surface area (Å²) in [6, 6.07) is 1.57. The van der Waals surface area contributed by atoms with Crippen LogP contribution in [0.4, 0.5) is 19.0 Å². The molecule has 1 aliphatic rings. The topological polar surface area (TPSA) is 94.0 Å². The smallest absolute Gasteiger partial charge is 0.361 e. The van der Waals surface area contributed by atoms with E-state index >= 15 is 0 Å². The first-order chi connectivity index (χ1) is 11.4. The van der Waals surface area contributed by atoms with Gasteiger partial charge in [-0.3, -0.25) is 0 Å². The standard InChI is InChI=1S/C13H12F3N7O/c1-6-4-8(17-5-9-19-10(22-24-9)7-2-3-7)23-12(18-6)20-11(21-23)13(14,15)16/h4,7,17H,2-3,5H2,1H3. The van der Waals surface area contributed by atoms with Crippen molar-refractivity contribution in [2.24, 2.45) is 0 Å². The van der Waals surface area contributed by atoms with E-state index in [-0.39, 0.29) is 12.3 Å². The minimum absolute atomic E-state index is 0.131. The van der Waals surface area contributed by atoms with Gasteiger partial charge in [0.1, 0.15) is 5.82 Å². The molecule has 11 heteroatoms. The maximum atomic E-state index is 12.8. The molecule has 126 valence electrons. The van der Waals surface area contributed by atoms with Crippen molar-refractivity contribution < 1.29 is 17.7 Å². The summed E-state index contributed by atoms with van der Waals surface area (Å²) in [7, 11) is 0. The second-order valence-electron chi connectivity index (χ2n) is 5.60. The lowest BCUT2D eigenvalue weighted by Gasteiger charge is -2.06. The number of rotatable bonds is 4. The van der Waals surface area contributed by atoms with Crippen molar-refractivity contribution >= 4 is 11.6 Å². The summed E-state index contributed by atoms with van der Waals surface area (Å²) < 4.78 is 44.5. The highest BCUT2D eigenvalue weighted by Crippen LogP contribution is 2.38. The summed E-state index contributed by atoms with van der Waals surface area (Å²) in [6.45, 7) is 1.82. The third-order valence-electron chi connectivity index (χ3n) is 3.54. The Hall–Kier alpha value is -2.72. The third kappa shape index (κ3) is 2.76. The average molecular weight is 339 g/mol. The number of aromatic nitrogens is 6. The summed E-state index contributed by atoms with van der Waals surface area (Å²) in [6.07, 6.45) is -2.53. The minimum atomic E-state index is -4.63. The first-order valence-corrected chi connectivity index (χ1v) is 7.28. The Balaban J connectivity index is 1.61. The second kappa shape index (κ2) is 5.14. The van der Waals surface area contributed by atoms with Crippen LogP contribution in [0.15, 0.2) is 10.6 Å². The maximum Gasteiger partial charge on any atom is 0.453 e. The number of hydrogen-bond donors (Lipinski definition) is 1. The van der Waals surface area contributed by atoms with Gasteiger partial charge in [-0.2, -0.15) is 27.7 Å². The number of nitrogens with zero attached hydrogens (tertiary/aromatic N) is 6. The Morgan fingerprint density at radius 3 is 2.79 bits per heavy atom. The van der Waals surface area contributed by atoms with Crippen LogP contribution < -0.4 is 5.32 Å². The van der Waals surface area contributed by atoms with Gasteiger partial charge in [0.2, 0.25) is 5.89 Å². The van der Waals surface area contributed by atoms with Crippen molar-refractivity contribution in [1.82, 2.24) is 29.7 Å². The zero-order chi connectivity index (χ0) is 16.9. The van der Waals surface area contributed by atoms with Crippen molar-refractivity contribution in [2.45, 2.75) is 38.4 Å². The van der Waals surface area contributed by atoms with Crippen LogP contribution in [0.25, 0.3) is 5.78 Å². The van der Waals surface area contributed by atoms with Crippen LogP contribution >= 0.6 is 0 Å². The molecule has 0 amide bonds. The Labute approximate surface area is 133 Å². The third-order valence-corrected chi connectivity index (χ3v) is 3.54. The van der Waals surface area contributed by atoms with E-state index in [0.29, 0.717) is 29.1 Å². The van der Waals surface area contributed by atoms with Gasteiger partial charge in [-0.05, 0) is 19.8 Å². The molecular weight excluding hydrogens is 327 g/mol. The van der Waals surface area contributed by atoms with Gasteiger partial charge < -0.3 is 9.84 Å². The number of fused-ring (bicyclic) bond motifs is 1. The Kier molecular flexibility index (Phi) is 3.18. The molecule has 8 nitrogen and oxygen atoms in total. The molecule has 0 aliphatic heterocycles. The SMILES string of the molecule is Cc1cc(NCc2nc(C3CC3)no2)n2nc(C(F)(F)F)nc2n1. The molecule has 4 rings (SSSR count). The quantitative estimate of drug-likeness (QED) is 0.779. The largest absolute Gasteiger partial charge is 0.453 e. The van der Waals surface area contributed by atoms with Crippen LogP contribution in [0.5, 0.6) is 0 Å². The van der Waals surface area contributed by atoms with Gasteiger partial charge in [0.25, 0.3) is 11.6 Å². The van der Waals surface area contributed by atoms with Crippen molar-refractivity contribution in [3.8, 4) is 0 Å². The first kappa shape index (κ1) is 14.8. The summed E-state index contributed by atoms with van der Waals surface area (Å²) in [4.78, 5) is 11.6. The zero-order valence-corrected chi connectivity index (χ0v) is 12.5. The van der Waals surface area contributed by atoms with Crippen LogP contribution in [0.3, 0.4) is 0 Å². The number of nitrogens with one attached hydrogen (secondary N) is 1. The predicted molar refractivity (Wildman–Crippen MR) is 74.1 cm³/mol. The van der Waals surface area contributed by atoms with Gasteiger partial charge in [0.05, 0.1) is 6.54 Å². The van der Waals surface area contributed by atoms with Crippen molar-refractivity contribution in [2.75, 3.05) is 5.32 Å². The monoisotopic (exact) mass is 339 g/mol. The van der Waals surface area contributed by atoms with Gasteiger partial charge in [0.15, 0.2) is 5.82 Å². The summed E-state index contributed by atoms with van der Waals surface area (Å²) in [5.74, 6) is 0.332. The Bertz CT molecular complexity index is 897. The average Bonchev–Trinajstić information content (AvgIpc) is 3.08. The van der Waals surface area contributed by atoms with Crippen molar-refractivity contribution in [1.29, 1.82) is 0 Å². The number of aryl methyl sites for hydroxylation is 1. The van der Waals surface area contributed by atoms with Crippen LogP contribution in [-0.2, 0) is 12.7 Å². The molecule has 1 aliphatic carbocycles. The highest BCUT2D eigenvalue weighted by molar-refractivity contribution is 5.45. The molecule has 3 aromatic heterocycles. The van der Waals surface area contributed by atoms with E-state index in [9.17, 15) is 13.2 Å². The van der Waals surface area contributed by atoms with E-state index in [2.05, 4.69) is 30.5 Å². The molecule has 0 aromatic carbocycles. The van der Waals surface area contributed by atoms with Gasteiger partial charge >= 0.3 is 6.18 Å². The minimum Gasteiger partial charge on any atom is -0.361 e. The van der Waals surface area contributed by atoms with Crippen LogP contribution in [0, 0.1) is 6.92 Å². The highest BCUT2D eigenvalue weighted by atomic mass is 19.4. The molecular formula is C13H12F3N7O. The van der Waals surface area contributed by atoms with E-state index in [4.69, 9.17) is 4.52 Å². The van der Waals surface area contributed by atoms with Crippen molar-refractivity contribution in [3.05, 3.63) is 29.3 Å². The van der Waals surface area contributed by atoms with E-state index in [1.54, 1.807) is 13.0 Å². The van der Waals surface area contributed by atoms with E-state index in [1.807, 2.05) is 0 Å². The Morgan fingerprint density at radius 2 is 2.08 bits per heavy atom. The fourth-order valence-electron chi connectivity index (χ4n) is 2.25. The molecule has 0 unspecified atom stereocenters. The molecule has 24 heavy (non-hydrogen) atoms. The predicted octanol–water partition coefficient (Wildman–Crippen LogP) is 2.32. The molecule has 1 N–H and O–H groups in total. The fraction of sp³-hybridized carbons (Fsp3) is 0.462. The molecule has 0 bridgehead atoms. The zero-order valence-electron chi connectivity index (χ0n) is 12.5. The molecule has 0 spiro atoms. The summed E-state index contributed by atoms with van der Waals surface area (Å²) >= 11 is 0. The van der Waals surface area contributed by atoms with E-state index in [0.717, 1.165) is 17.4 Å². The van der Waals surface area contributed by atoms with E-state index < -0.39 is 12.0 Å². The Morgan fingerprint density at radius 1 is 1.29 bits per heavy atom. The normalized spacial score (nSPS) is 15.2. The van der Waals surface area contributed by atoms with Gasteiger partial charge in [-0.25, -0.2) is 4.98 Å². The van der Waals surface area contributed by atoms with Gasteiger partial charge in [0, 0.05) is 17.7 Å². The second-order valence-corrected chi connectivity index (χ2v) is 5.60. The van der Waals surface area contributed by atoms with Crippen molar-refractivity contribution in [3.63, 3.8) is 0 Å². The van der Waals surface area contributed by atoms with Crippen LogP contribution in [0.1, 0.15) is 42.0 Å². The van der Waals surface area contributed by atoms with Gasteiger partial charge in [-0.15, -0.1) is 5.10 Å². The molecule has 0 atom stereocenters. The number of hydrogen-bond acceptors (Lipinski definition) is 7.